The molecule has 0 aliphatic heterocycles. The Kier molecular flexibility index (Phi) is 4.89. The fourth-order valence-electron chi connectivity index (χ4n) is 1.09. The molecular formula is C10H9BrClFN2O2. The largest absolute Gasteiger partial charge is 0.325 e. The molecule has 0 fully saturated rings. The molecule has 92 valence electrons. The highest BCUT2D eigenvalue weighted by atomic mass is 79.9. The zero-order valence-electron chi connectivity index (χ0n) is 8.81. The topological polar surface area (TPSA) is 58.2 Å². The normalized spacial score (nSPS) is 9.88. The number of anilines is 1. The summed E-state index contributed by atoms with van der Waals surface area (Å²) >= 11 is 8.23. The average Bonchev–Trinajstić information content (AvgIpc) is 2.25. The second-order valence-electron chi connectivity index (χ2n) is 3.22. The van der Waals surface area contributed by atoms with Gasteiger partial charge in [0, 0.05) is 5.69 Å². The van der Waals surface area contributed by atoms with Gasteiger partial charge in [0.1, 0.15) is 11.7 Å². The van der Waals surface area contributed by atoms with Crippen molar-refractivity contribution >= 4 is 45.2 Å². The lowest BCUT2D eigenvalue weighted by Crippen LogP contribution is -2.35. The van der Waals surface area contributed by atoms with E-state index in [1.54, 1.807) is 6.92 Å². The molecule has 0 radical (unpaired) electrons. The van der Waals surface area contributed by atoms with Gasteiger partial charge in [0.25, 0.3) is 0 Å². The number of nitrogens with one attached hydrogen (secondary N) is 2. The van der Waals surface area contributed by atoms with Crippen LogP contribution in [0.1, 0.15) is 5.56 Å². The van der Waals surface area contributed by atoms with Gasteiger partial charge in [0.2, 0.25) is 5.91 Å². The van der Waals surface area contributed by atoms with Gasteiger partial charge in [-0.1, -0.05) is 0 Å². The molecule has 0 atom stereocenters. The molecule has 0 heterocycles. The number of hydrogen-bond acceptors (Lipinski definition) is 2. The molecule has 2 N–H and O–H groups in total. The third-order valence-corrected chi connectivity index (χ3v) is 2.74. The second kappa shape index (κ2) is 5.97. The number of benzene rings is 1. The average molecular weight is 324 g/mol. The van der Waals surface area contributed by atoms with E-state index in [9.17, 15) is 14.0 Å². The minimum atomic E-state index is -0.711. The lowest BCUT2D eigenvalue weighted by molar-refractivity contribution is -0.117. The molecule has 0 saturated carbocycles. The van der Waals surface area contributed by atoms with Gasteiger partial charge in [-0.05, 0) is 40.5 Å². The summed E-state index contributed by atoms with van der Waals surface area (Å²) in [4.78, 5) is 22.2. The van der Waals surface area contributed by atoms with E-state index < -0.39 is 17.8 Å². The van der Waals surface area contributed by atoms with Crippen LogP contribution in [0.15, 0.2) is 16.6 Å². The fraction of sp³-hybridized carbons (Fsp3) is 0.200. The van der Waals surface area contributed by atoms with E-state index in [1.165, 1.54) is 12.1 Å². The summed E-state index contributed by atoms with van der Waals surface area (Å²) in [7, 11) is 0. The van der Waals surface area contributed by atoms with E-state index in [0.717, 1.165) is 0 Å². The van der Waals surface area contributed by atoms with E-state index in [-0.39, 0.29) is 10.4 Å². The van der Waals surface area contributed by atoms with Crippen molar-refractivity contribution in [3.63, 3.8) is 0 Å². The summed E-state index contributed by atoms with van der Waals surface area (Å²) in [5, 5.41) is 4.43. The molecule has 0 saturated heterocycles. The Balaban J connectivity index is 2.78. The highest BCUT2D eigenvalue weighted by Gasteiger charge is 2.10. The summed E-state index contributed by atoms with van der Waals surface area (Å²) in [5.74, 6) is -1.34. The molecule has 7 heteroatoms. The number of hydrogen-bond donors (Lipinski definition) is 2. The maximum absolute atomic E-state index is 13.1. The molecule has 0 unspecified atom stereocenters. The molecule has 1 aromatic rings. The molecule has 0 aliphatic carbocycles. The van der Waals surface area contributed by atoms with Crippen molar-refractivity contribution in [2.24, 2.45) is 0 Å². The maximum atomic E-state index is 13.1. The Labute approximate surface area is 111 Å². The van der Waals surface area contributed by atoms with Gasteiger partial charge in [0.15, 0.2) is 0 Å². The summed E-state index contributed by atoms with van der Waals surface area (Å²) in [5.41, 5.74) is 0.942. The SMILES string of the molecule is Cc1cc(F)c(Br)cc1NC(=O)NC(=O)CCl. The van der Waals surface area contributed by atoms with Crippen LogP contribution in [0.2, 0.25) is 0 Å². The minimum Gasteiger partial charge on any atom is -0.307 e. The predicted molar refractivity (Wildman–Crippen MR) is 66.7 cm³/mol. The van der Waals surface area contributed by atoms with Gasteiger partial charge in [-0.3, -0.25) is 10.1 Å². The molecule has 1 aromatic carbocycles. The van der Waals surface area contributed by atoms with Gasteiger partial charge in [-0.15, -0.1) is 11.6 Å². The van der Waals surface area contributed by atoms with Crippen LogP contribution in [0.3, 0.4) is 0 Å². The quantitative estimate of drug-likeness (QED) is 0.822. The van der Waals surface area contributed by atoms with Gasteiger partial charge < -0.3 is 5.32 Å². The van der Waals surface area contributed by atoms with Crippen molar-refractivity contribution in [2.45, 2.75) is 6.92 Å². The number of carbonyl (C=O) groups excluding carboxylic acids is 2. The van der Waals surface area contributed by atoms with Crippen LogP contribution in [0.4, 0.5) is 14.9 Å². The zero-order chi connectivity index (χ0) is 13.0. The Bertz CT molecular complexity index is 468. The van der Waals surface area contributed by atoms with Crippen molar-refractivity contribution < 1.29 is 14.0 Å². The first-order chi connectivity index (χ1) is 7.93. The standard InChI is InChI=1S/C10H9BrClFN2O2/c1-5-2-7(13)6(11)3-8(5)14-10(17)15-9(16)4-12/h2-3H,4H2,1H3,(H2,14,15,16,17). The van der Waals surface area contributed by atoms with Crippen LogP contribution in [0.5, 0.6) is 0 Å². The second-order valence-corrected chi connectivity index (χ2v) is 4.34. The van der Waals surface area contributed by atoms with Gasteiger partial charge in [-0.2, -0.15) is 0 Å². The molecule has 4 nitrogen and oxygen atoms in total. The Morgan fingerprint density at radius 3 is 2.71 bits per heavy atom. The summed E-state index contributed by atoms with van der Waals surface area (Å²) in [6.07, 6.45) is 0. The van der Waals surface area contributed by atoms with Crippen LogP contribution in [-0.4, -0.2) is 17.8 Å². The summed E-state index contributed by atoms with van der Waals surface area (Å²) in [6, 6.07) is 1.97. The summed E-state index contributed by atoms with van der Waals surface area (Å²) < 4.78 is 13.3. The number of imide groups is 1. The molecule has 3 amide bonds. The number of aryl methyl sites for hydroxylation is 1. The lowest BCUT2D eigenvalue weighted by Gasteiger charge is -2.09. The van der Waals surface area contributed by atoms with E-state index in [0.29, 0.717) is 11.3 Å². The highest BCUT2D eigenvalue weighted by Crippen LogP contribution is 2.24. The van der Waals surface area contributed by atoms with Gasteiger partial charge in [-0.25, -0.2) is 9.18 Å². The first-order valence-electron chi connectivity index (χ1n) is 4.56. The fourth-order valence-corrected chi connectivity index (χ4v) is 1.50. The minimum absolute atomic E-state index is 0.224. The van der Waals surface area contributed by atoms with Gasteiger partial charge >= 0.3 is 6.03 Å². The number of urea groups is 1. The molecule has 17 heavy (non-hydrogen) atoms. The van der Waals surface area contributed by atoms with Crippen molar-refractivity contribution in [1.82, 2.24) is 5.32 Å². The van der Waals surface area contributed by atoms with E-state index in [1.807, 2.05) is 5.32 Å². The number of rotatable bonds is 2. The number of amides is 3. The molecular weight excluding hydrogens is 314 g/mol. The Morgan fingerprint density at radius 1 is 1.47 bits per heavy atom. The Hall–Kier alpha value is -1.14. The smallest absolute Gasteiger partial charge is 0.307 e. The van der Waals surface area contributed by atoms with Crippen molar-refractivity contribution in [1.29, 1.82) is 0 Å². The zero-order valence-corrected chi connectivity index (χ0v) is 11.2. The van der Waals surface area contributed by atoms with Crippen molar-refractivity contribution in [3.8, 4) is 0 Å². The first-order valence-corrected chi connectivity index (χ1v) is 5.89. The van der Waals surface area contributed by atoms with Crippen molar-refractivity contribution in [3.05, 3.63) is 28.0 Å². The van der Waals surface area contributed by atoms with Crippen LogP contribution in [0, 0.1) is 12.7 Å². The van der Waals surface area contributed by atoms with Crippen LogP contribution < -0.4 is 10.6 Å². The van der Waals surface area contributed by atoms with Crippen LogP contribution in [-0.2, 0) is 4.79 Å². The third-order valence-electron chi connectivity index (χ3n) is 1.89. The maximum Gasteiger partial charge on any atom is 0.325 e. The van der Waals surface area contributed by atoms with E-state index in [4.69, 9.17) is 11.6 Å². The molecule has 0 bridgehead atoms. The molecule has 1 rings (SSSR count). The Morgan fingerprint density at radius 2 is 2.12 bits per heavy atom. The monoisotopic (exact) mass is 322 g/mol. The lowest BCUT2D eigenvalue weighted by atomic mass is 10.2. The summed E-state index contributed by atoms with van der Waals surface area (Å²) in [6.45, 7) is 1.63. The third kappa shape index (κ3) is 3.98. The molecule has 0 aliphatic rings. The van der Waals surface area contributed by atoms with E-state index in [2.05, 4.69) is 21.2 Å². The van der Waals surface area contributed by atoms with Crippen molar-refractivity contribution in [2.75, 3.05) is 11.2 Å². The molecule has 0 spiro atoms. The first kappa shape index (κ1) is 13.9. The number of halogens is 3. The van der Waals surface area contributed by atoms with Crippen LogP contribution in [0.25, 0.3) is 0 Å². The highest BCUT2D eigenvalue weighted by molar-refractivity contribution is 9.10. The number of alkyl halides is 1. The molecule has 0 aromatic heterocycles. The van der Waals surface area contributed by atoms with E-state index >= 15 is 0 Å². The predicted octanol–water partition coefficient (Wildman–Crippen LogP) is 2.78. The van der Waals surface area contributed by atoms with Gasteiger partial charge in [0.05, 0.1) is 4.47 Å². The number of carbonyl (C=O) groups is 2. The van der Waals surface area contributed by atoms with Crippen LogP contribution >= 0.6 is 27.5 Å².